The zero-order valence-corrected chi connectivity index (χ0v) is 26.4. The first-order valence-corrected chi connectivity index (χ1v) is 15.0. The molecular formula is C36H32Br2O5. The van der Waals surface area contributed by atoms with E-state index in [1.807, 2.05) is 63.2 Å². The van der Waals surface area contributed by atoms with Crippen LogP contribution in [0.15, 0.2) is 104 Å². The van der Waals surface area contributed by atoms with Gasteiger partial charge in [-0.2, -0.15) is 0 Å². The van der Waals surface area contributed by atoms with Crippen molar-refractivity contribution in [2.75, 3.05) is 0 Å². The standard InChI is InChI=1S/C18H14Br2O3.C17H14O2.CH4/c1-9(2)18-15(11-5-3-4-6-14(11)23-18)16(21)10-7-12(19)17(22)13(20)8-10;1-11-10-13-4-2-3-5-15(13)16(11)17(19)12-6-8-14(18)9-7-12;/h3-9,22H,1-2H3;2-9,18H,10H2,1H3;1H4. The number of para-hydroxylation sites is 1. The molecule has 0 saturated heterocycles. The van der Waals surface area contributed by atoms with E-state index in [0.29, 0.717) is 37.0 Å². The Hall–Kier alpha value is -3.94. The number of furan rings is 1. The number of Topliss-reactive ketones (excluding diaryl/α,β-unsaturated/α-hetero) is 1. The zero-order chi connectivity index (χ0) is 30.1. The molecule has 1 heterocycles. The number of allylic oxidation sites excluding steroid dienone is 2. The minimum absolute atomic E-state index is 0. The summed E-state index contributed by atoms with van der Waals surface area (Å²) in [5.74, 6) is 0.918. The van der Waals surface area contributed by atoms with Gasteiger partial charge in [0, 0.05) is 28.0 Å². The van der Waals surface area contributed by atoms with Gasteiger partial charge in [0.1, 0.15) is 22.8 Å². The van der Waals surface area contributed by atoms with Crippen LogP contribution in [0.2, 0.25) is 0 Å². The normalized spacial score (nSPS) is 12.0. The average molecular weight is 704 g/mol. The Morgan fingerprint density at radius 2 is 1.42 bits per heavy atom. The van der Waals surface area contributed by atoms with Crippen LogP contribution in [0.3, 0.4) is 0 Å². The van der Waals surface area contributed by atoms with Crippen LogP contribution in [0, 0.1) is 0 Å². The van der Waals surface area contributed by atoms with E-state index in [0.717, 1.165) is 28.5 Å². The van der Waals surface area contributed by atoms with E-state index >= 15 is 0 Å². The van der Waals surface area contributed by atoms with Crippen LogP contribution >= 0.6 is 31.9 Å². The van der Waals surface area contributed by atoms with Gasteiger partial charge < -0.3 is 14.6 Å². The first kappa shape index (κ1) is 32.0. The molecule has 0 spiro atoms. The number of hydrogen-bond acceptors (Lipinski definition) is 5. The van der Waals surface area contributed by atoms with Crippen LogP contribution in [0.5, 0.6) is 11.5 Å². The number of phenols is 2. The topological polar surface area (TPSA) is 87.7 Å². The first-order valence-electron chi connectivity index (χ1n) is 13.4. The number of ketones is 2. The van der Waals surface area contributed by atoms with Crippen molar-refractivity contribution in [2.24, 2.45) is 0 Å². The molecule has 1 aliphatic rings. The van der Waals surface area contributed by atoms with E-state index in [1.54, 1.807) is 36.4 Å². The SMILES string of the molecule is C.CC(C)c1oc2ccccc2c1C(=O)c1cc(Br)c(O)c(Br)c1.CC1=C(C(=O)c2ccc(O)cc2)c2ccccc2C1. The monoisotopic (exact) mass is 702 g/mol. The number of aromatic hydroxyl groups is 2. The summed E-state index contributed by atoms with van der Waals surface area (Å²) < 4.78 is 6.83. The molecule has 0 fully saturated rings. The van der Waals surface area contributed by atoms with Crippen LogP contribution in [0.4, 0.5) is 0 Å². The van der Waals surface area contributed by atoms with Gasteiger partial charge in [-0.1, -0.05) is 69.3 Å². The average Bonchev–Trinajstić information content (AvgIpc) is 3.53. The molecular weight excluding hydrogens is 672 g/mol. The molecule has 1 aliphatic carbocycles. The molecule has 4 aromatic carbocycles. The van der Waals surface area contributed by atoms with E-state index in [4.69, 9.17) is 4.42 Å². The summed E-state index contributed by atoms with van der Waals surface area (Å²) in [6.45, 7) is 6.00. The van der Waals surface area contributed by atoms with Crippen LogP contribution < -0.4 is 0 Å². The van der Waals surface area contributed by atoms with Gasteiger partial charge in [0.05, 0.1) is 14.5 Å². The molecule has 5 nitrogen and oxygen atoms in total. The molecule has 2 N–H and O–H groups in total. The largest absolute Gasteiger partial charge is 0.508 e. The molecule has 43 heavy (non-hydrogen) atoms. The molecule has 0 atom stereocenters. The Bertz CT molecular complexity index is 1840. The number of fused-ring (bicyclic) bond motifs is 2. The van der Waals surface area contributed by atoms with Crippen LogP contribution in [-0.2, 0) is 6.42 Å². The molecule has 7 heteroatoms. The molecule has 5 aromatic rings. The van der Waals surface area contributed by atoms with Crippen LogP contribution in [0.1, 0.15) is 77.3 Å². The summed E-state index contributed by atoms with van der Waals surface area (Å²) in [6, 6.07) is 25.2. The quantitative estimate of drug-likeness (QED) is 0.178. The Balaban J connectivity index is 0.000000195. The highest BCUT2D eigenvalue weighted by Gasteiger charge is 2.26. The lowest BCUT2D eigenvalue weighted by molar-refractivity contribution is 0.103. The molecule has 0 radical (unpaired) electrons. The van der Waals surface area contributed by atoms with E-state index in [1.165, 1.54) is 5.56 Å². The second kappa shape index (κ2) is 13.1. The molecule has 0 bridgehead atoms. The smallest absolute Gasteiger partial charge is 0.197 e. The van der Waals surface area contributed by atoms with Crippen LogP contribution in [0.25, 0.3) is 16.5 Å². The van der Waals surface area contributed by atoms with E-state index in [-0.39, 0.29) is 36.4 Å². The summed E-state index contributed by atoms with van der Waals surface area (Å²) in [5, 5.41) is 19.9. The van der Waals surface area contributed by atoms with Crippen molar-refractivity contribution in [1.82, 2.24) is 0 Å². The summed E-state index contributed by atoms with van der Waals surface area (Å²) >= 11 is 6.54. The fourth-order valence-corrected chi connectivity index (χ4v) is 6.33. The van der Waals surface area contributed by atoms with Gasteiger partial charge >= 0.3 is 0 Å². The van der Waals surface area contributed by atoms with Gasteiger partial charge in [-0.3, -0.25) is 9.59 Å². The van der Waals surface area contributed by atoms with Crippen molar-refractivity contribution < 1.29 is 24.2 Å². The summed E-state index contributed by atoms with van der Waals surface area (Å²) in [4.78, 5) is 25.7. The number of halogens is 2. The van der Waals surface area contributed by atoms with E-state index in [2.05, 4.69) is 37.9 Å². The van der Waals surface area contributed by atoms with Crippen molar-refractivity contribution in [3.63, 3.8) is 0 Å². The van der Waals surface area contributed by atoms with Gasteiger partial charge in [-0.15, -0.1) is 0 Å². The van der Waals surface area contributed by atoms with Gasteiger partial charge in [0.2, 0.25) is 0 Å². The van der Waals surface area contributed by atoms with Crippen LogP contribution in [-0.4, -0.2) is 21.8 Å². The maximum Gasteiger partial charge on any atom is 0.197 e. The number of phenolic OH excluding ortho intramolecular Hbond substituents is 2. The third-order valence-corrected chi connectivity index (χ3v) is 8.39. The number of rotatable bonds is 5. The highest BCUT2D eigenvalue weighted by molar-refractivity contribution is 9.11. The fraction of sp³-hybridized carbons (Fsp3) is 0.167. The van der Waals surface area contributed by atoms with Crippen molar-refractivity contribution >= 4 is 60.0 Å². The molecule has 0 unspecified atom stereocenters. The Kier molecular flexibility index (Phi) is 9.78. The van der Waals surface area contributed by atoms with Gasteiger partial charge in [0.15, 0.2) is 11.6 Å². The Morgan fingerprint density at radius 3 is 2.07 bits per heavy atom. The Labute approximate surface area is 268 Å². The zero-order valence-electron chi connectivity index (χ0n) is 23.2. The van der Waals surface area contributed by atoms with Gasteiger partial charge in [-0.05, 0) is 98.8 Å². The highest BCUT2D eigenvalue weighted by Crippen LogP contribution is 2.37. The molecule has 0 aliphatic heterocycles. The first-order chi connectivity index (χ1) is 20.1. The third kappa shape index (κ3) is 6.38. The maximum absolute atomic E-state index is 13.1. The third-order valence-electron chi connectivity index (χ3n) is 7.18. The summed E-state index contributed by atoms with van der Waals surface area (Å²) in [6.07, 6.45) is 0.843. The predicted molar refractivity (Wildman–Crippen MR) is 179 cm³/mol. The lowest BCUT2D eigenvalue weighted by Crippen LogP contribution is -2.05. The van der Waals surface area contributed by atoms with Gasteiger partial charge in [0.25, 0.3) is 0 Å². The van der Waals surface area contributed by atoms with Crippen molar-refractivity contribution in [3.05, 3.63) is 133 Å². The predicted octanol–water partition coefficient (Wildman–Crippen LogP) is 10.3. The minimum atomic E-state index is -0.125. The van der Waals surface area contributed by atoms with E-state index < -0.39 is 0 Å². The number of carbonyl (C=O) groups excluding carboxylic acids is 2. The second-order valence-electron chi connectivity index (χ2n) is 10.5. The highest BCUT2D eigenvalue weighted by atomic mass is 79.9. The number of carbonyl (C=O) groups is 2. The lowest BCUT2D eigenvalue weighted by Gasteiger charge is -2.08. The van der Waals surface area contributed by atoms with Crippen molar-refractivity contribution in [1.29, 1.82) is 0 Å². The lowest BCUT2D eigenvalue weighted by atomic mass is 9.96. The van der Waals surface area contributed by atoms with Crippen molar-refractivity contribution in [3.8, 4) is 11.5 Å². The number of benzene rings is 4. The second-order valence-corrected chi connectivity index (χ2v) is 12.2. The number of hydrogen-bond donors (Lipinski definition) is 2. The van der Waals surface area contributed by atoms with Gasteiger partial charge in [-0.25, -0.2) is 0 Å². The molecule has 6 rings (SSSR count). The maximum atomic E-state index is 13.1. The molecule has 220 valence electrons. The minimum Gasteiger partial charge on any atom is -0.508 e. The summed E-state index contributed by atoms with van der Waals surface area (Å²) in [5.41, 5.74) is 6.55. The van der Waals surface area contributed by atoms with E-state index in [9.17, 15) is 19.8 Å². The Morgan fingerprint density at radius 1 is 0.814 bits per heavy atom. The molecule has 1 aromatic heterocycles. The van der Waals surface area contributed by atoms with Crippen molar-refractivity contribution in [2.45, 2.75) is 40.5 Å². The molecule has 0 amide bonds. The molecule has 0 saturated carbocycles. The summed E-state index contributed by atoms with van der Waals surface area (Å²) in [7, 11) is 0. The fourth-order valence-electron chi connectivity index (χ4n) is 5.14.